The normalized spacial score (nSPS) is 23.0. The van der Waals surface area contributed by atoms with Crippen LogP contribution in [0.1, 0.15) is 25.6 Å². The number of nitroso groups, excluding NO2 is 1. The molecular formula is C15H17ClN6OS. The maximum Gasteiger partial charge on any atom is 0.122 e. The average molecular weight is 365 g/mol. The number of hydrogen-bond acceptors (Lipinski definition) is 7. The van der Waals surface area contributed by atoms with Gasteiger partial charge in [0, 0.05) is 22.8 Å². The molecule has 0 bridgehead atoms. The Morgan fingerprint density at radius 1 is 1.33 bits per heavy atom. The maximum atomic E-state index is 11.3. The minimum atomic E-state index is -0.747. The molecule has 0 radical (unpaired) electrons. The van der Waals surface area contributed by atoms with Crippen LogP contribution in [-0.4, -0.2) is 32.9 Å². The molecule has 126 valence electrons. The molecule has 1 aliphatic rings. The van der Waals surface area contributed by atoms with Crippen LogP contribution < -0.4 is 5.73 Å². The second-order valence-corrected chi connectivity index (χ2v) is 7.84. The number of nitrogens with zero attached hydrogens (tertiary/aromatic N) is 5. The minimum absolute atomic E-state index is 0.301. The molecule has 0 saturated carbocycles. The molecule has 0 saturated heterocycles. The summed E-state index contributed by atoms with van der Waals surface area (Å²) in [6, 6.07) is 1.86. The van der Waals surface area contributed by atoms with Gasteiger partial charge in [0.25, 0.3) is 0 Å². The third-order valence-electron chi connectivity index (χ3n) is 4.22. The highest BCUT2D eigenvalue weighted by molar-refractivity contribution is 7.16. The molecule has 0 fully saturated rings. The highest BCUT2D eigenvalue weighted by Gasteiger charge is 2.45. The first-order valence-corrected chi connectivity index (χ1v) is 8.49. The van der Waals surface area contributed by atoms with Crippen LogP contribution in [-0.2, 0) is 5.54 Å². The van der Waals surface area contributed by atoms with Crippen LogP contribution in [0, 0.1) is 4.91 Å². The monoisotopic (exact) mass is 364 g/mol. The van der Waals surface area contributed by atoms with E-state index < -0.39 is 11.1 Å². The van der Waals surface area contributed by atoms with Gasteiger partial charge in [-0.2, -0.15) is 0 Å². The van der Waals surface area contributed by atoms with Crippen LogP contribution in [0.4, 0.5) is 0 Å². The molecule has 2 aromatic rings. The topological polar surface area (TPSA) is 96.8 Å². The van der Waals surface area contributed by atoms with E-state index in [2.05, 4.69) is 20.2 Å². The molecule has 0 unspecified atom stereocenters. The molecule has 1 aliphatic heterocycles. The number of aliphatic imine (C=N–C) groups is 1. The van der Waals surface area contributed by atoms with Gasteiger partial charge in [0.05, 0.1) is 21.7 Å². The van der Waals surface area contributed by atoms with E-state index in [4.69, 9.17) is 17.3 Å². The lowest BCUT2D eigenvalue weighted by Gasteiger charge is -2.43. The molecule has 9 heteroatoms. The summed E-state index contributed by atoms with van der Waals surface area (Å²) in [4.78, 5) is 25.7. The van der Waals surface area contributed by atoms with Crippen molar-refractivity contribution in [2.24, 2.45) is 16.0 Å². The van der Waals surface area contributed by atoms with Crippen LogP contribution in [0.25, 0.3) is 10.4 Å². The Bertz CT molecular complexity index is 806. The van der Waals surface area contributed by atoms with Gasteiger partial charge in [-0.1, -0.05) is 11.6 Å². The van der Waals surface area contributed by atoms with Gasteiger partial charge < -0.3 is 5.73 Å². The van der Waals surface area contributed by atoms with Gasteiger partial charge in [-0.25, -0.2) is 15.0 Å². The summed E-state index contributed by atoms with van der Waals surface area (Å²) >= 11 is 7.95. The standard InChI is InChI=1S/C15H17ClN6OS/c1-14(2)13(17)20-15(3,7-22(14)21-23)12-10(16)4-11(24-12)9-5-18-8-19-6-9/h4-6,8H,7H2,1-3H3,(H2,17,20)/t15-/m0/s1. The summed E-state index contributed by atoms with van der Waals surface area (Å²) < 4.78 is 0. The number of hydrogen-bond donors (Lipinski definition) is 1. The quantitative estimate of drug-likeness (QED) is 0.843. The van der Waals surface area contributed by atoms with Crippen molar-refractivity contribution in [1.82, 2.24) is 15.0 Å². The van der Waals surface area contributed by atoms with Crippen LogP contribution in [0.5, 0.6) is 0 Å². The third-order valence-corrected chi connectivity index (χ3v) is 6.06. The van der Waals surface area contributed by atoms with Crippen molar-refractivity contribution in [2.75, 3.05) is 6.54 Å². The molecular weight excluding hydrogens is 348 g/mol. The van der Waals surface area contributed by atoms with E-state index in [1.54, 1.807) is 12.4 Å². The van der Waals surface area contributed by atoms with E-state index in [0.29, 0.717) is 17.4 Å². The van der Waals surface area contributed by atoms with Crippen LogP contribution >= 0.6 is 22.9 Å². The molecule has 0 aliphatic carbocycles. The predicted molar refractivity (Wildman–Crippen MR) is 95.9 cm³/mol. The van der Waals surface area contributed by atoms with Gasteiger partial charge in [-0.3, -0.25) is 4.99 Å². The van der Waals surface area contributed by atoms with Gasteiger partial charge in [0.2, 0.25) is 0 Å². The smallest absolute Gasteiger partial charge is 0.122 e. The lowest BCUT2D eigenvalue weighted by molar-refractivity contribution is 0.126. The van der Waals surface area contributed by atoms with Crippen LogP contribution in [0.15, 0.2) is 35.1 Å². The lowest BCUT2D eigenvalue weighted by Crippen LogP contribution is -2.58. The number of halogens is 1. The number of aromatic nitrogens is 2. The Balaban J connectivity index is 2.07. The fraction of sp³-hybridized carbons (Fsp3) is 0.400. The molecule has 24 heavy (non-hydrogen) atoms. The van der Waals surface area contributed by atoms with E-state index in [-0.39, 0.29) is 0 Å². The predicted octanol–water partition coefficient (Wildman–Crippen LogP) is 3.21. The lowest BCUT2D eigenvalue weighted by atomic mass is 9.91. The van der Waals surface area contributed by atoms with Crippen molar-refractivity contribution in [3.05, 3.63) is 39.6 Å². The third kappa shape index (κ3) is 2.65. The molecule has 2 N–H and O–H groups in total. The van der Waals surface area contributed by atoms with E-state index in [1.165, 1.54) is 22.7 Å². The summed E-state index contributed by atoms with van der Waals surface area (Å²) in [6.07, 6.45) is 4.92. The molecule has 0 aromatic carbocycles. The Labute approximate surface area is 148 Å². The Hall–Kier alpha value is -2.06. The van der Waals surface area contributed by atoms with Crippen molar-refractivity contribution in [1.29, 1.82) is 0 Å². The van der Waals surface area contributed by atoms with Crippen molar-refractivity contribution in [3.8, 4) is 10.4 Å². The molecule has 0 amide bonds. The number of rotatable bonds is 3. The summed E-state index contributed by atoms with van der Waals surface area (Å²) in [7, 11) is 0. The zero-order chi connectivity index (χ0) is 17.5. The molecule has 7 nitrogen and oxygen atoms in total. The van der Waals surface area contributed by atoms with E-state index in [1.807, 2.05) is 26.8 Å². The van der Waals surface area contributed by atoms with Crippen LogP contribution in [0.3, 0.4) is 0 Å². The van der Waals surface area contributed by atoms with Gasteiger partial charge in [0.15, 0.2) is 0 Å². The van der Waals surface area contributed by atoms with Gasteiger partial charge in [-0.05, 0) is 26.8 Å². The van der Waals surface area contributed by atoms with Crippen molar-refractivity contribution >= 4 is 28.8 Å². The van der Waals surface area contributed by atoms with Crippen molar-refractivity contribution in [3.63, 3.8) is 0 Å². The zero-order valence-electron chi connectivity index (χ0n) is 13.5. The number of amidine groups is 1. The molecule has 1 atom stereocenters. The fourth-order valence-corrected chi connectivity index (χ4v) is 4.22. The van der Waals surface area contributed by atoms with E-state index in [9.17, 15) is 4.91 Å². The van der Waals surface area contributed by atoms with Gasteiger partial charge >= 0.3 is 0 Å². The summed E-state index contributed by atoms with van der Waals surface area (Å²) in [5, 5.41) is 5.12. The second-order valence-electron chi connectivity index (χ2n) is 6.38. The Kier molecular flexibility index (Phi) is 4.05. The highest BCUT2D eigenvalue weighted by atomic mass is 35.5. The average Bonchev–Trinajstić information content (AvgIpc) is 2.95. The summed E-state index contributed by atoms with van der Waals surface area (Å²) in [6.45, 7) is 5.83. The zero-order valence-corrected chi connectivity index (χ0v) is 15.1. The second kappa shape index (κ2) is 5.78. The Morgan fingerprint density at radius 2 is 2.00 bits per heavy atom. The van der Waals surface area contributed by atoms with Gasteiger partial charge in [-0.15, -0.1) is 16.2 Å². The highest BCUT2D eigenvalue weighted by Crippen LogP contribution is 2.44. The van der Waals surface area contributed by atoms with Crippen LogP contribution in [0.2, 0.25) is 5.02 Å². The number of nitrogens with two attached hydrogens (primary N) is 1. The first-order valence-electron chi connectivity index (χ1n) is 7.30. The van der Waals surface area contributed by atoms with Crippen molar-refractivity contribution < 1.29 is 0 Å². The SMILES string of the molecule is CC1(C)C(N)=N[C@](C)(c2sc(-c3cncnc3)cc2Cl)CN1N=O. The Morgan fingerprint density at radius 3 is 2.62 bits per heavy atom. The molecule has 2 aromatic heterocycles. The molecule has 3 heterocycles. The molecule has 0 spiro atoms. The summed E-state index contributed by atoms with van der Waals surface area (Å²) in [5.74, 6) is 0.352. The minimum Gasteiger partial charge on any atom is -0.385 e. The van der Waals surface area contributed by atoms with E-state index >= 15 is 0 Å². The largest absolute Gasteiger partial charge is 0.385 e. The first-order chi connectivity index (χ1) is 11.3. The maximum absolute atomic E-state index is 11.3. The first kappa shape index (κ1) is 16.8. The fourth-order valence-electron chi connectivity index (χ4n) is 2.62. The van der Waals surface area contributed by atoms with Gasteiger partial charge in [0.1, 0.15) is 23.2 Å². The van der Waals surface area contributed by atoms with E-state index in [0.717, 1.165) is 15.3 Å². The number of thiophene rings is 1. The van der Waals surface area contributed by atoms with Crippen molar-refractivity contribution in [2.45, 2.75) is 31.8 Å². The summed E-state index contributed by atoms with van der Waals surface area (Å²) in [5.41, 5.74) is 5.52. The molecule has 3 rings (SSSR count).